The topological polar surface area (TPSA) is 76.1 Å². The second kappa shape index (κ2) is 10.4. The molecule has 178 valence electrons. The van der Waals surface area contributed by atoms with Gasteiger partial charge >= 0.3 is 0 Å². The summed E-state index contributed by atoms with van der Waals surface area (Å²) < 4.78 is 25.0. The van der Waals surface area contributed by atoms with Crippen molar-refractivity contribution in [2.45, 2.75) is 9.79 Å². The van der Waals surface area contributed by atoms with Crippen molar-refractivity contribution < 1.29 is 13.2 Å². The Morgan fingerprint density at radius 2 is 1.71 bits per heavy atom. The molecular formula is C26H20Cl2N2O3S2. The van der Waals surface area contributed by atoms with Gasteiger partial charge in [0.15, 0.2) is 9.84 Å². The summed E-state index contributed by atoms with van der Waals surface area (Å²) >= 11 is 14.1. The zero-order valence-corrected chi connectivity index (χ0v) is 21.9. The van der Waals surface area contributed by atoms with Gasteiger partial charge in [-0.3, -0.25) is 9.78 Å². The van der Waals surface area contributed by atoms with Crippen LogP contribution < -0.4 is 5.32 Å². The number of nitrogens with one attached hydrogen (secondary N) is 1. The Bertz CT molecular complexity index is 1530. The van der Waals surface area contributed by atoms with E-state index in [0.717, 1.165) is 11.2 Å². The highest BCUT2D eigenvalue weighted by molar-refractivity contribution is 7.98. The first kappa shape index (κ1) is 25.3. The number of thioether (sulfide) groups is 1. The zero-order chi connectivity index (χ0) is 25.2. The molecule has 0 aliphatic carbocycles. The smallest absolute Gasteiger partial charge is 0.256 e. The van der Waals surface area contributed by atoms with E-state index in [4.69, 9.17) is 23.2 Å². The van der Waals surface area contributed by atoms with Crippen molar-refractivity contribution in [2.75, 3.05) is 17.8 Å². The van der Waals surface area contributed by atoms with Crippen LogP contribution >= 0.6 is 35.0 Å². The second-order valence-electron chi connectivity index (χ2n) is 7.69. The minimum atomic E-state index is -3.58. The summed E-state index contributed by atoms with van der Waals surface area (Å²) in [7, 11) is -3.58. The molecule has 1 heterocycles. The van der Waals surface area contributed by atoms with E-state index in [9.17, 15) is 13.2 Å². The number of pyridine rings is 1. The third kappa shape index (κ3) is 5.70. The van der Waals surface area contributed by atoms with Gasteiger partial charge in [0.1, 0.15) is 0 Å². The molecule has 3 aromatic carbocycles. The Morgan fingerprint density at radius 1 is 0.914 bits per heavy atom. The van der Waals surface area contributed by atoms with E-state index in [1.54, 1.807) is 42.6 Å². The van der Waals surface area contributed by atoms with E-state index in [2.05, 4.69) is 10.3 Å². The Balaban J connectivity index is 1.79. The number of halogens is 2. The first-order chi connectivity index (χ1) is 16.7. The second-order valence-corrected chi connectivity index (χ2v) is 11.4. The van der Waals surface area contributed by atoms with Gasteiger partial charge in [-0.05, 0) is 78.5 Å². The van der Waals surface area contributed by atoms with Gasteiger partial charge < -0.3 is 5.32 Å². The van der Waals surface area contributed by atoms with E-state index in [0.29, 0.717) is 43.7 Å². The third-order valence-electron chi connectivity index (χ3n) is 5.27. The van der Waals surface area contributed by atoms with Crippen molar-refractivity contribution in [3.05, 3.63) is 94.6 Å². The largest absolute Gasteiger partial charge is 0.322 e. The lowest BCUT2D eigenvalue weighted by molar-refractivity contribution is 0.102. The molecule has 0 bridgehead atoms. The van der Waals surface area contributed by atoms with Gasteiger partial charge in [-0.15, -0.1) is 11.8 Å². The third-order valence-corrected chi connectivity index (χ3v) is 7.71. The molecule has 0 atom stereocenters. The highest BCUT2D eigenvalue weighted by atomic mass is 35.5. The summed E-state index contributed by atoms with van der Waals surface area (Å²) in [5.74, 6) is -0.402. The van der Waals surface area contributed by atoms with Crippen LogP contribution in [0.3, 0.4) is 0 Å². The SMILES string of the molecule is CSc1ccc(C(=O)Nc2ccc(Cl)c(-c3ccccn3)c2)c(-c2cc(Cl)ccc2S(C)(=O)=O)c1. The molecule has 1 amide bonds. The first-order valence-electron chi connectivity index (χ1n) is 10.4. The van der Waals surface area contributed by atoms with Gasteiger partial charge in [0.25, 0.3) is 5.91 Å². The fourth-order valence-corrected chi connectivity index (χ4v) is 5.34. The minimum absolute atomic E-state index is 0.0955. The first-order valence-corrected chi connectivity index (χ1v) is 14.2. The van der Waals surface area contributed by atoms with Crippen LogP contribution in [0.2, 0.25) is 10.0 Å². The highest BCUT2D eigenvalue weighted by Gasteiger charge is 2.21. The quantitative estimate of drug-likeness (QED) is 0.263. The summed E-state index contributed by atoms with van der Waals surface area (Å²) in [6.07, 6.45) is 4.70. The van der Waals surface area contributed by atoms with E-state index >= 15 is 0 Å². The number of hydrogen-bond acceptors (Lipinski definition) is 5. The van der Waals surface area contributed by atoms with Gasteiger partial charge in [-0.25, -0.2) is 8.42 Å². The molecule has 5 nitrogen and oxygen atoms in total. The maximum absolute atomic E-state index is 13.4. The minimum Gasteiger partial charge on any atom is -0.322 e. The van der Waals surface area contributed by atoms with Crippen molar-refractivity contribution in [1.82, 2.24) is 4.98 Å². The van der Waals surface area contributed by atoms with Crippen molar-refractivity contribution in [3.8, 4) is 22.4 Å². The maximum atomic E-state index is 13.4. The van der Waals surface area contributed by atoms with Crippen molar-refractivity contribution in [1.29, 1.82) is 0 Å². The molecule has 9 heteroatoms. The molecule has 0 radical (unpaired) electrons. The summed E-state index contributed by atoms with van der Waals surface area (Å²) in [6.45, 7) is 0. The predicted octanol–water partition coefficient (Wildman–Crippen LogP) is 7.10. The van der Waals surface area contributed by atoms with E-state index in [1.165, 1.54) is 23.9 Å². The van der Waals surface area contributed by atoms with Crippen molar-refractivity contribution in [2.24, 2.45) is 0 Å². The Labute approximate surface area is 218 Å². The van der Waals surface area contributed by atoms with Crippen molar-refractivity contribution >= 4 is 56.4 Å². The van der Waals surface area contributed by atoms with Gasteiger partial charge in [0, 0.05) is 44.7 Å². The average molecular weight is 543 g/mol. The number of anilines is 1. The standard InChI is InChI=1S/C26H20Cl2N2O3S2/c1-34-18-8-9-19(20(15-18)21-13-16(27)6-11-25(21)35(2,32)33)26(31)30-17-7-10-23(28)22(14-17)24-5-3-4-12-29-24/h3-15H,1-2H3,(H,30,31). The van der Waals surface area contributed by atoms with Gasteiger partial charge in [-0.2, -0.15) is 0 Å². The van der Waals surface area contributed by atoms with Crippen LogP contribution in [-0.4, -0.2) is 31.8 Å². The van der Waals surface area contributed by atoms with Crippen LogP contribution in [0.15, 0.2) is 88.8 Å². The fourth-order valence-electron chi connectivity index (χ4n) is 3.63. The molecular weight excluding hydrogens is 523 g/mol. The van der Waals surface area contributed by atoms with E-state index in [1.807, 2.05) is 30.5 Å². The Kier molecular flexibility index (Phi) is 7.52. The van der Waals surface area contributed by atoms with Gasteiger partial charge in [-0.1, -0.05) is 29.3 Å². The molecule has 4 aromatic rings. The molecule has 0 aliphatic heterocycles. The van der Waals surface area contributed by atoms with Crippen LogP contribution in [0.25, 0.3) is 22.4 Å². The lowest BCUT2D eigenvalue weighted by atomic mass is 9.98. The molecule has 0 unspecified atom stereocenters. The fraction of sp³-hybridized carbons (Fsp3) is 0.0769. The molecule has 0 saturated heterocycles. The number of rotatable bonds is 6. The van der Waals surface area contributed by atoms with Crippen LogP contribution in [-0.2, 0) is 9.84 Å². The van der Waals surface area contributed by atoms with Crippen LogP contribution in [0.1, 0.15) is 10.4 Å². The highest BCUT2D eigenvalue weighted by Crippen LogP contribution is 2.36. The number of amides is 1. The summed E-state index contributed by atoms with van der Waals surface area (Å²) in [6, 6.07) is 20.5. The number of sulfone groups is 1. The molecule has 0 spiro atoms. The number of carbonyl (C=O) groups excluding carboxylic acids is 1. The number of aromatic nitrogens is 1. The molecule has 0 aliphatic rings. The zero-order valence-electron chi connectivity index (χ0n) is 18.7. The van der Waals surface area contributed by atoms with Crippen molar-refractivity contribution in [3.63, 3.8) is 0 Å². The van der Waals surface area contributed by atoms with Crippen LogP contribution in [0.4, 0.5) is 5.69 Å². The molecule has 1 aromatic heterocycles. The van der Waals surface area contributed by atoms with E-state index in [-0.39, 0.29) is 4.90 Å². The summed E-state index contributed by atoms with van der Waals surface area (Å²) in [5.41, 5.74) is 3.02. The number of carbonyl (C=O) groups is 1. The molecule has 1 N–H and O–H groups in total. The van der Waals surface area contributed by atoms with E-state index < -0.39 is 15.7 Å². The molecule has 0 saturated carbocycles. The number of hydrogen-bond donors (Lipinski definition) is 1. The summed E-state index contributed by atoms with van der Waals surface area (Å²) in [4.78, 5) is 18.7. The van der Waals surface area contributed by atoms with Gasteiger partial charge in [0.2, 0.25) is 0 Å². The lowest BCUT2D eigenvalue weighted by Crippen LogP contribution is -2.14. The number of benzene rings is 3. The Morgan fingerprint density at radius 3 is 2.40 bits per heavy atom. The monoisotopic (exact) mass is 542 g/mol. The lowest BCUT2D eigenvalue weighted by Gasteiger charge is -2.15. The number of nitrogens with zero attached hydrogens (tertiary/aromatic N) is 1. The predicted molar refractivity (Wildman–Crippen MR) is 144 cm³/mol. The average Bonchev–Trinajstić information content (AvgIpc) is 2.84. The van der Waals surface area contributed by atoms with Crippen LogP contribution in [0, 0.1) is 0 Å². The van der Waals surface area contributed by atoms with Gasteiger partial charge in [0.05, 0.1) is 15.6 Å². The molecule has 35 heavy (non-hydrogen) atoms. The summed E-state index contributed by atoms with van der Waals surface area (Å²) in [5, 5.41) is 3.77. The van der Waals surface area contributed by atoms with Crippen LogP contribution in [0.5, 0.6) is 0 Å². The molecule has 0 fully saturated rings. The molecule has 4 rings (SSSR count). The maximum Gasteiger partial charge on any atom is 0.256 e. The Hall–Kier alpha value is -2.84. The normalized spacial score (nSPS) is 11.3.